The fourth-order valence-electron chi connectivity index (χ4n) is 5.90. The van der Waals surface area contributed by atoms with Crippen molar-refractivity contribution in [3.63, 3.8) is 0 Å². The smallest absolute Gasteiger partial charge is 0.223 e. The number of carbonyl (C=O) groups is 1. The van der Waals surface area contributed by atoms with Gasteiger partial charge in [-0.1, -0.05) is 44.9 Å². The van der Waals surface area contributed by atoms with Crippen LogP contribution >= 0.6 is 0 Å². The van der Waals surface area contributed by atoms with Crippen LogP contribution in [0.25, 0.3) is 0 Å². The maximum absolute atomic E-state index is 12.2. The van der Waals surface area contributed by atoms with Gasteiger partial charge in [-0.25, -0.2) is 0 Å². The molecule has 3 rings (SSSR count). The molecule has 2 heteroatoms. The fraction of sp³-hybridized carbons (Fsp3) is 0.750. The Morgan fingerprint density at radius 1 is 1.32 bits per heavy atom. The topological polar surface area (TPSA) is 43.1 Å². The molecule has 2 saturated carbocycles. The van der Waals surface area contributed by atoms with Crippen molar-refractivity contribution in [2.24, 2.45) is 33.8 Å². The van der Waals surface area contributed by atoms with Crippen molar-refractivity contribution < 1.29 is 4.79 Å². The number of carbonyl (C=O) groups excluding carboxylic acids is 1. The Kier molecular flexibility index (Phi) is 3.58. The maximum Gasteiger partial charge on any atom is 0.223 e. The van der Waals surface area contributed by atoms with Crippen molar-refractivity contribution in [3.05, 3.63) is 24.3 Å². The molecule has 3 aliphatic rings. The Labute approximate surface area is 135 Å². The number of primary amides is 1. The summed E-state index contributed by atoms with van der Waals surface area (Å²) in [6.07, 6.45) is 12.6. The molecule has 22 heavy (non-hydrogen) atoms. The van der Waals surface area contributed by atoms with Gasteiger partial charge in [0.1, 0.15) is 0 Å². The largest absolute Gasteiger partial charge is 0.369 e. The van der Waals surface area contributed by atoms with E-state index >= 15 is 0 Å². The van der Waals surface area contributed by atoms with Gasteiger partial charge in [0, 0.05) is 5.41 Å². The first-order valence-electron chi connectivity index (χ1n) is 8.88. The predicted molar refractivity (Wildman–Crippen MR) is 91.1 cm³/mol. The number of hydrogen-bond acceptors (Lipinski definition) is 1. The molecule has 0 aliphatic heterocycles. The molecular weight excluding hydrogens is 270 g/mol. The molecule has 0 bridgehead atoms. The normalized spacial score (nSPS) is 47.9. The molecule has 3 aliphatic carbocycles. The number of nitrogens with two attached hydrogens (primary N) is 1. The molecule has 0 aromatic carbocycles. The van der Waals surface area contributed by atoms with E-state index in [0.717, 1.165) is 25.7 Å². The van der Waals surface area contributed by atoms with E-state index in [1.54, 1.807) is 5.57 Å². The molecule has 122 valence electrons. The number of rotatable bonds is 2. The lowest BCUT2D eigenvalue weighted by Gasteiger charge is -2.59. The van der Waals surface area contributed by atoms with Gasteiger partial charge in [0.2, 0.25) is 5.91 Å². The maximum atomic E-state index is 12.2. The van der Waals surface area contributed by atoms with Gasteiger partial charge in [0.05, 0.1) is 0 Å². The van der Waals surface area contributed by atoms with Crippen molar-refractivity contribution in [1.82, 2.24) is 0 Å². The van der Waals surface area contributed by atoms with Gasteiger partial charge < -0.3 is 5.73 Å². The summed E-state index contributed by atoms with van der Waals surface area (Å²) in [6, 6.07) is 0. The molecule has 0 aromatic heterocycles. The van der Waals surface area contributed by atoms with Crippen LogP contribution in [0.1, 0.15) is 65.7 Å². The van der Waals surface area contributed by atoms with E-state index in [0.29, 0.717) is 11.8 Å². The summed E-state index contributed by atoms with van der Waals surface area (Å²) in [6.45, 7) is 10.9. The summed E-state index contributed by atoms with van der Waals surface area (Å²) in [4.78, 5) is 12.2. The van der Waals surface area contributed by atoms with Gasteiger partial charge >= 0.3 is 0 Å². The zero-order valence-electron chi connectivity index (χ0n) is 14.5. The van der Waals surface area contributed by atoms with Crippen LogP contribution in [-0.2, 0) is 4.79 Å². The Balaban J connectivity index is 1.98. The third-order valence-electron chi connectivity index (χ3n) is 7.50. The Hall–Kier alpha value is -1.05. The number of hydrogen-bond donors (Lipinski definition) is 1. The SMILES string of the molecule is C=C[C@@]1(C)CC[C@H]2C(=CC[C@@H]3[C@]2(C)CCC[C@@]3(C)C(N)=O)C1. The van der Waals surface area contributed by atoms with Crippen LogP contribution in [0.5, 0.6) is 0 Å². The van der Waals surface area contributed by atoms with Crippen LogP contribution in [0.4, 0.5) is 0 Å². The summed E-state index contributed by atoms with van der Waals surface area (Å²) in [5, 5.41) is 0. The van der Waals surface area contributed by atoms with Gasteiger partial charge in [0.15, 0.2) is 0 Å². The zero-order valence-corrected chi connectivity index (χ0v) is 14.5. The summed E-state index contributed by atoms with van der Waals surface area (Å²) in [5.41, 5.74) is 7.63. The molecule has 2 nitrogen and oxygen atoms in total. The standard InChI is InChI=1S/C20H31NO/c1-5-18(2)12-9-15-14(13-18)7-8-16-19(15,3)10-6-11-20(16,4)17(21)22/h5,7,15-16H,1,6,8-13H2,2-4H3,(H2,21,22)/t15-,16+,18-,19+,20+/m0/s1. The Bertz CT molecular complexity index is 536. The Morgan fingerprint density at radius 3 is 2.68 bits per heavy atom. The second kappa shape index (κ2) is 4.97. The Morgan fingerprint density at radius 2 is 2.05 bits per heavy atom. The highest BCUT2D eigenvalue weighted by molar-refractivity contribution is 5.81. The summed E-state index contributed by atoms with van der Waals surface area (Å²) < 4.78 is 0. The first kappa shape index (κ1) is 15.8. The van der Waals surface area contributed by atoms with Crippen LogP contribution in [-0.4, -0.2) is 5.91 Å². The molecule has 0 saturated heterocycles. The first-order chi connectivity index (χ1) is 10.3. The highest BCUT2D eigenvalue weighted by Gasteiger charge is 2.57. The third kappa shape index (κ3) is 2.10. The van der Waals surface area contributed by atoms with Crippen molar-refractivity contribution in [2.45, 2.75) is 65.7 Å². The number of amides is 1. The third-order valence-corrected chi connectivity index (χ3v) is 7.50. The molecule has 2 N–H and O–H groups in total. The van der Waals surface area contributed by atoms with Crippen molar-refractivity contribution in [2.75, 3.05) is 0 Å². The van der Waals surface area contributed by atoms with E-state index in [-0.39, 0.29) is 22.2 Å². The highest BCUT2D eigenvalue weighted by Crippen LogP contribution is 2.63. The van der Waals surface area contributed by atoms with E-state index in [4.69, 9.17) is 5.73 Å². The molecular formula is C20H31NO. The second-order valence-corrected chi connectivity index (χ2v) is 8.83. The zero-order chi connectivity index (χ0) is 16.2. The molecule has 0 aromatic rings. The van der Waals surface area contributed by atoms with Gasteiger partial charge in [0.25, 0.3) is 0 Å². The monoisotopic (exact) mass is 301 g/mol. The van der Waals surface area contributed by atoms with Gasteiger partial charge in [-0.2, -0.15) is 0 Å². The first-order valence-corrected chi connectivity index (χ1v) is 8.88. The summed E-state index contributed by atoms with van der Waals surface area (Å²) in [7, 11) is 0. The predicted octanol–water partition coefficient (Wildman–Crippen LogP) is 4.61. The van der Waals surface area contributed by atoms with Crippen molar-refractivity contribution >= 4 is 5.91 Å². The lowest BCUT2D eigenvalue weighted by atomic mass is 9.45. The van der Waals surface area contributed by atoms with E-state index in [2.05, 4.69) is 39.5 Å². The molecule has 1 amide bonds. The molecule has 5 atom stereocenters. The highest BCUT2D eigenvalue weighted by atomic mass is 16.1. The molecule has 0 radical (unpaired) electrons. The minimum absolute atomic E-state index is 0.0907. The number of allylic oxidation sites excluding steroid dienone is 3. The molecule has 0 unspecified atom stereocenters. The molecule has 2 fully saturated rings. The number of fused-ring (bicyclic) bond motifs is 3. The van der Waals surface area contributed by atoms with Gasteiger partial charge in [-0.05, 0) is 61.2 Å². The lowest BCUT2D eigenvalue weighted by molar-refractivity contribution is -0.141. The van der Waals surface area contributed by atoms with E-state index in [1.807, 2.05) is 0 Å². The van der Waals surface area contributed by atoms with Crippen LogP contribution in [0.3, 0.4) is 0 Å². The average Bonchev–Trinajstić information content (AvgIpc) is 2.46. The quantitative estimate of drug-likeness (QED) is 0.744. The molecule has 0 spiro atoms. The van der Waals surface area contributed by atoms with Gasteiger partial charge in [-0.15, -0.1) is 6.58 Å². The van der Waals surface area contributed by atoms with Crippen LogP contribution in [0, 0.1) is 28.1 Å². The van der Waals surface area contributed by atoms with E-state index < -0.39 is 0 Å². The minimum atomic E-state index is -0.325. The van der Waals surface area contributed by atoms with Crippen LogP contribution < -0.4 is 5.73 Å². The van der Waals surface area contributed by atoms with Crippen LogP contribution in [0.2, 0.25) is 0 Å². The summed E-state index contributed by atoms with van der Waals surface area (Å²) >= 11 is 0. The van der Waals surface area contributed by atoms with Gasteiger partial charge in [-0.3, -0.25) is 4.79 Å². The second-order valence-electron chi connectivity index (χ2n) is 8.83. The lowest BCUT2D eigenvalue weighted by Crippen LogP contribution is -2.55. The minimum Gasteiger partial charge on any atom is -0.369 e. The van der Waals surface area contributed by atoms with Crippen molar-refractivity contribution in [1.29, 1.82) is 0 Å². The summed E-state index contributed by atoms with van der Waals surface area (Å²) in [5.74, 6) is 0.957. The fourth-order valence-corrected chi connectivity index (χ4v) is 5.90. The van der Waals surface area contributed by atoms with Crippen molar-refractivity contribution in [3.8, 4) is 0 Å². The van der Waals surface area contributed by atoms with E-state index in [9.17, 15) is 4.79 Å². The molecule has 0 heterocycles. The average molecular weight is 301 g/mol. The van der Waals surface area contributed by atoms with Crippen LogP contribution in [0.15, 0.2) is 24.3 Å². The van der Waals surface area contributed by atoms with E-state index in [1.165, 1.54) is 19.3 Å².